The zero-order valence-corrected chi connectivity index (χ0v) is 12.7. The second kappa shape index (κ2) is 6.06. The molecule has 3 rings (SSSR count). The van der Waals surface area contributed by atoms with Gasteiger partial charge in [0, 0.05) is 19.1 Å². The number of nitrogens with two attached hydrogens (primary N) is 1. The molecule has 4 heteroatoms. The summed E-state index contributed by atoms with van der Waals surface area (Å²) in [7, 11) is 0. The molecule has 2 atom stereocenters. The van der Waals surface area contributed by atoms with Crippen molar-refractivity contribution in [2.45, 2.75) is 51.2 Å². The number of benzene rings is 1. The van der Waals surface area contributed by atoms with Gasteiger partial charge >= 0.3 is 0 Å². The largest absolute Gasteiger partial charge is 0.481 e. The third kappa shape index (κ3) is 3.05. The van der Waals surface area contributed by atoms with Crippen LogP contribution in [0.15, 0.2) is 18.2 Å². The summed E-state index contributed by atoms with van der Waals surface area (Å²) in [5.74, 6) is 0.879. The van der Waals surface area contributed by atoms with Crippen molar-refractivity contribution in [2.75, 3.05) is 13.1 Å². The van der Waals surface area contributed by atoms with Crippen molar-refractivity contribution in [1.29, 1.82) is 0 Å². The number of hydrogen-bond donors (Lipinski definition) is 1. The zero-order valence-electron chi connectivity index (χ0n) is 12.7. The summed E-state index contributed by atoms with van der Waals surface area (Å²) in [5.41, 5.74) is 8.63. The first kappa shape index (κ1) is 14.4. The van der Waals surface area contributed by atoms with Crippen molar-refractivity contribution in [3.63, 3.8) is 0 Å². The molecule has 2 N–H and O–H groups in total. The molecule has 0 aromatic heterocycles. The number of carbonyl (C=O) groups is 1. The molecule has 2 aliphatic rings. The van der Waals surface area contributed by atoms with Crippen molar-refractivity contribution in [3.05, 3.63) is 29.3 Å². The molecule has 1 aliphatic carbocycles. The van der Waals surface area contributed by atoms with E-state index in [2.05, 4.69) is 12.1 Å². The van der Waals surface area contributed by atoms with E-state index in [9.17, 15) is 4.79 Å². The molecule has 0 bridgehead atoms. The second-order valence-electron chi connectivity index (χ2n) is 6.15. The number of hydrogen-bond acceptors (Lipinski definition) is 3. The first-order valence-electron chi connectivity index (χ1n) is 7.99. The predicted molar refractivity (Wildman–Crippen MR) is 82.2 cm³/mol. The normalized spacial score (nSPS) is 22.8. The highest BCUT2D eigenvalue weighted by molar-refractivity contribution is 5.81. The highest BCUT2D eigenvalue weighted by atomic mass is 16.5. The highest BCUT2D eigenvalue weighted by Crippen LogP contribution is 2.31. The number of amides is 1. The van der Waals surface area contributed by atoms with E-state index in [1.165, 1.54) is 11.1 Å². The van der Waals surface area contributed by atoms with Gasteiger partial charge in [0.1, 0.15) is 5.75 Å². The van der Waals surface area contributed by atoms with Crippen LogP contribution in [-0.4, -0.2) is 30.0 Å². The molecule has 1 fully saturated rings. The van der Waals surface area contributed by atoms with Gasteiger partial charge in [0.2, 0.25) is 0 Å². The summed E-state index contributed by atoms with van der Waals surface area (Å²) in [6, 6.07) is 6.20. The van der Waals surface area contributed by atoms with Crippen molar-refractivity contribution >= 4 is 5.91 Å². The molecule has 114 valence electrons. The van der Waals surface area contributed by atoms with Crippen molar-refractivity contribution in [3.8, 4) is 5.75 Å². The maximum absolute atomic E-state index is 12.3. The van der Waals surface area contributed by atoms with Crippen LogP contribution in [0.4, 0.5) is 0 Å². The van der Waals surface area contributed by atoms with Gasteiger partial charge < -0.3 is 15.4 Å². The number of nitrogens with zero attached hydrogens (tertiary/aromatic N) is 1. The first-order valence-corrected chi connectivity index (χ1v) is 7.99. The van der Waals surface area contributed by atoms with Crippen LogP contribution in [0.2, 0.25) is 0 Å². The van der Waals surface area contributed by atoms with Crippen LogP contribution >= 0.6 is 0 Å². The Kier molecular flexibility index (Phi) is 4.15. The first-order chi connectivity index (χ1) is 10.1. The molecule has 1 aliphatic heterocycles. The quantitative estimate of drug-likeness (QED) is 0.929. The standard InChI is InChI=1S/C17H24N2O2/c1-12(17(20)19-9-2-3-10-19)21-14-7-8-15-13(11-14)5-4-6-16(15)18/h7-8,11-12,16H,2-6,9-10,18H2,1H3. The Balaban J connectivity index is 1.68. The third-order valence-corrected chi connectivity index (χ3v) is 4.55. The predicted octanol–water partition coefficient (Wildman–Crippen LogP) is 2.41. The van der Waals surface area contributed by atoms with E-state index >= 15 is 0 Å². The van der Waals surface area contributed by atoms with E-state index in [0.29, 0.717) is 0 Å². The van der Waals surface area contributed by atoms with Gasteiger partial charge in [-0.1, -0.05) is 6.07 Å². The number of ether oxygens (including phenoxy) is 1. The van der Waals surface area contributed by atoms with Gasteiger partial charge in [-0.15, -0.1) is 0 Å². The summed E-state index contributed by atoms with van der Waals surface area (Å²) in [5, 5.41) is 0. The molecule has 21 heavy (non-hydrogen) atoms. The summed E-state index contributed by atoms with van der Waals surface area (Å²) >= 11 is 0. The van der Waals surface area contributed by atoms with Gasteiger partial charge in [0.05, 0.1) is 0 Å². The molecule has 1 saturated heterocycles. The molecule has 1 aromatic carbocycles. The Bertz CT molecular complexity index is 524. The molecule has 1 heterocycles. The number of aryl methyl sites for hydroxylation is 1. The number of carbonyl (C=O) groups excluding carboxylic acids is 1. The molecule has 4 nitrogen and oxygen atoms in total. The lowest BCUT2D eigenvalue weighted by atomic mass is 9.88. The minimum absolute atomic E-state index is 0.0990. The van der Waals surface area contributed by atoms with Gasteiger partial charge in [-0.25, -0.2) is 0 Å². The van der Waals surface area contributed by atoms with E-state index in [-0.39, 0.29) is 11.9 Å². The Morgan fingerprint density at radius 2 is 2.10 bits per heavy atom. The van der Waals surface area contributed by atoms with E-state index in [0.717, 1.165) is 50.9 Å². The monoisotopic (exact) mass is 288 g/mol. The van der Waals surface area contributed by atoms with E-state index in [4.69, 9.17) is 10.5 Å². The van der Waals surface area contributed by atoms with Crippen LogP contribution in [0, 0.1) is 0 Å². The third-order valence-electron chi connectivity index (χ3n) is 4.55. The molecular weight excluding hydrogens is 264 g/mol. The van der Waals surface area contributed by atoms with Crippen LogP contribution in [0.5, 0.6) is 5.75 Å². The Morgan fingerprint density at radius 3 is 2.86 bits per heavy atom. The summed E-state index contributed by atoms with van der Waals surface area (Å²) in [6.45, 7) is 3.57. The van der Waals surface area contributed by atoms with E-state index < -0.39 is 6.10 Å². The average Bonchev–Trinajstić information content (AvgIpc) is 3.00. The zero-order chi connectivity index (χ0) is 14.8. The lowest BCUT2D eigenvalue weighted by molar-refractivity contribution is -0.136. The van der Waals surface area contributed by atoms with Crippen molar-refractivity contribution < 1.29 is 9.53 Å². The van der Waals surface area contributed by atoms with Crippen LogP contribution < -0.4 is 10.5 Å². The van der Waals surface area contributed by atoms with Gasteiger partial charge in [-0.3, -0.25) is 4.79 Å². The number of fused-ring (bicyclic) bond motifs is 1. The SMILES string of the molecule is CC(Oc1ccc2c(c1)CCCC2N)C(=O)N1CCCC1. The minimum Gasteiger partial charge on any atom is -0.481 e. The highest BCUT2D eigenvalue weighted by Gasteiger charge is 2.25. The van der Waals surface area contributed by atoms with Crippen LogP contribution in [0.25, 0.3) is 0 Å². The van der Waals surface area contributed by atoms with E-state index in [1.54, 1.807) is 0 Å². The van der Waals surface area contributed by atoms with Gasteiger partial charge in [-0.2, -0.15) is 0 Å². The molecule has 2 unspecified atom stereocenters. The van der Waals surface area contributed by atoms with Gasteiger partial charge in [-0.05, 0) is 62.3 Å². The Hall–Kier alpha value is -1.55. The van der Waals surface area contributed by atoms with Crippen molar-refractivity contribution in [2.24, 2.45) is 5.73 Å². The number of likely N-dealkylation sites (tertiary alicyclic amines) is 1. The lowest BCUT2D eigenvalue weighted by Gasteiger charge is -2.24. The summed E-state index contributed by atoms with van der Waals surface area (Å²) < 4.78 is 5.86. The maximum atomic E-state index is 12.3. The van der Waals surface area contributed by atoms with Gasteiger partial charge in [0.25, 0.3) is 5.91 Å². The molecular formula is C17H24N2O2. The van der Waals surface area contributed by atoms with E-state index in [1.807, 2.05) is 17.9 Å². The molecule has 1 aromatic rings. The fourth-order valence-electron chi connectivity index (χ4n) is 3.35. The fraction of sp³-hybridized carbons (Fsp3) is 0.588. The lowest BCUT2D eigenvalue weighted by Crippen LogP contribution is -2.38. The summed E-state index contributed by atoms with van der Waals surface area (Å²) in [6.07, 6.45) is 5.02. The maximum Gasteiger partial charge on any atom is 0.263 e. The van der Waals surface area contributed by atoms with Crippen molar-refractivity contribution in [1.82, 2.24) is 4.90 Å². The Morgan fingerprint density at radius 1 is 1.33 bits per heavy atom. The molecule has 0 radical (unpaired) electrons. The van der Waals surface area contributed by atoms with Crippen LogP contribution in [0.3, 0.4) is 0 Å². The van der Waals surface area contributed by atoms with Crippen LogP contribution in [-0.2, 0) is 11.2 Å². The summed E-state index contributed by atoms with van der Waals surface area (Å²) in [4.78, 5) is 14.2. The minimum atomic E-state index is -0.418. The van der Waals surface area contributed by atoms with Gasteiger partial charge in [0.15, 0.2) is 6.10 Å². The van der Waals surface area contributed by atoms with Crippen LogP contribution in [0.1, 0.15) is 49.8 Å². The number of rotatable bonds is 3. The molecule has 1 amide bonds. The fourth-order valence-corrected chi connectivity index (χ4v) is 3.35. The topological polar surface area (TPSA) is 55.6 Å². The molecule has 0 spiro atoms. The Labute approximate surface area is 126 Å². The smallest absolute Gasteiger partial charge is 0.263 e. The average molecular weight is 288 g/mol. The molecule has 0 saturated carbocycles. The second-order valence-corrected chi connectivity index (χ2v) is 6.15.